The fraction of sp³-hybridized carbons (Fsp3) is 0.591. The number of aromatic nitrogens is 3. The number of hydrogen-bond acceptors (Lipinski definition) is 7. The van der Waals surface area contributed by atoms with Gasteiger partial charge in [0.15, 0.2) is 0 Å². The summed E-state index contributed by atoms with van der Waals surface area (Å²) in [6.07, 6.45) is 2.09. The zero-order valence-electron chi connectivity index (χ0n) is 17.8. The lowest BCUT2D eigenvalue weighted by atomic mass is 9.81. The third-order valence-corrected chi connectivity index (χ3v) is 6.06. The molecule has 2 aromatic rings. The van der Waals surface area contributed by atoms with Crippen LogP contribution in [0.2, 0.25) is 0 Å². The maximum absolute atomic E-state index is 6.08. The molecule has 0 bridgehead atoms. The van der Waals surface area contributed by atoms with Crippen LogP contribution < -0.4 is 10.6 Å². The molecule has 1 aromatic carbocycles. The zero-order chi connectivity index (χ0) is 20.4. The highest BCUT2D eigenvalue weighted by Gasteiger charge is 2.30. The summed E-state index contributed by atoms with van der Waals surface area (Å²) in [6, 6.07) is 8.83. The van der Waals surface area contributed by atoms with Crippen molar-refractivity contribution in [2.45, 2.75) is 38.0 Å². The molecular formula is C22H32N6O. The normalized spacial score (nSPS) is 20.9. The van der Waals surface area contributed by atoms with E-state index in [0.29, 0.717) is 25.1 Å². The second kappa shape index (κ2) is 8.24. The van der Waals surface area contributed by atoms with Crippen LogP contribution in [-0.2, 0) is 16.6 Å². The standard InChI is InChI=1S/C22H32N6O/c1-22(2,14-16-6-4-5-7-18(16)17-8-9-27(3)15-17)19-24-20(23)26-21(25-19)28-10-12-29-13-11-28/h4-7,17H,8-15H2,1-3H3,(H2,23,24,25,26). The third kappa shape index (κ3) is 4.51. The number of morpholine rings is 1. The quantitative estimate of drug-likeness (QED) is 0.830. The lowest BCUT2D eigenvalue weighted by molar-refractivity contribution is 0.122. The molecule has 29 heavy (non-hydrogen) atoms. The van der Waals surface area contributed by atoms with Crippen LogP contribution in [-0.4, -0.2) is 66.3 Å². The number of likely N-dealkylation sites (N-methyl/N-ethyl adjacent to an activating group) is 1. The molecule has 1 aromatic heterocycles. The summed E-state index contributed by atoms with van der Waals surface area (Å²) in [7, 11) is 2.20. The lowest BCUT2D eigenvalue weighted by Crippen LogP contribution is -2.38. The number of likely N-dealkylation sites (tertiary alicyclic amines) is 1. The van der Waals surface area contributed by atoms with E-state index in [1.54, 1.807) is 0 Å². The van der Waals surface area contributed by atoms with Crippen molar-refractivity contribution < 1.29 is 4.74 Å². The van der Waals surface area contributed by atoms with Gasteiger partial charge in [-0.25, -0.2) is 0 Å². The molecule has 0 radical (unpaired) electrons. The van der Waals surface area contributed by atoms with Crippen LogP contribution in [0, 0.1) is 0 Å². The van der Waals surface area contributed by atoms with E-state index in [9.17, 15) is 0 Å². The number of nitrogen functional groups attached to an aromatic ring is 1. The highest BCUT2D eigenvalue weighted by Crippen LogP contribution is 2.33. The Hall–Kier alpha value is -2.25. The Morgan fingerprint density at radius 1 is 1.10 bits per heavy atom. The SMILES string of the molecule is CN1CCC(c2ccccc2CC(C)(C)c2nc(N)nc(N3CCOCC3)n2)C1. The molecule has 0 amide bonds. The van der Waals surface area contributed by atoms with Crippen molar-refractivity contribution in [2.24, 2.45) is 0 Å². The number of nitrogens with zero attached hydrogens (tertiary/aromatic N) is 5. The first-order valence-electron chi connectivity index (χ1n) is 10.5. The van der Waals surface area contributed by atoms with E-state index in [1.165, 1.54) is 17.5 Å². The van der Waals surface area contributed by atoms with Crippen LogP contribution in [0.1, 0.15) is 43.1 Å². The van der Waals surface area contributed by atoms with Crippen LogP contribution >= 0.6 is 0 Å². The molecule has 1 atom stereocenters. The smallest absolute Gasteiger partial charge is 0.230 e. The van der Waals surface area contributed by atoms with Gasteiger partial charge in [0.05, 0.1) is 13.2 Å². The number of nitrogens with two attached hydrogens (primary N) is 1. The van der Waals surface area contributed by atoms with Gasteiger partial charge >= 0.3 is 0 Å². The van der Waals surface area contributed by atoms with Gasteiger partial charge in [0.2, 0.25) is 11.9 Å². The highest BCUT2D eigenvalue weighted by molar-refractivity contribution is 5.38. The van der Waals surface area contributed by atoms with E-state index >= 15 is 0 Å². The second-order valence-corrected chi connectivity index (χ2v) is 8.92. The number of rotatable bonds is 5. The second-order valence-electron chi connectivity index (χ2n) is 8.92. The van der Waals surface area contributed by atoms with Crippen molar-refractivity contribution in [2.75, 3.05) is 57.1 Å². The first kappa shape index (κ1) is 20.0. The summed E-state index contributed by atoms with van der Waals surface area (Å²) in [6.45, 7) is 9.61. The monoisotopic (exact) mass is 396 g/mol. The van der Waals surface area contributed by atoms with Crippen molar-refractivity contribution in [3.05, 3.63) is 41.2 Å². The lowest BCUT2D eigenvalue weighted by Gasteiger charge is -2.29. The molecule has 2 aliphatic rings. The Morgan fingerprint density at radius 3 is 2.59 bits per heavy atom. The average molecular weight is 397 g/mol. The van der Waals surface area contributed by atoms with Gasteiger partial charge in [-0.1, -0.05) is 38.1 Å². The molecule has 156 valence electrons. The first-order valence-corrected chi connectivity index (χ1v) is 10.5. The molecule has 3 heterocycles. The summed E-state index contributed by atoms with van der Waals surface area (Å²) in [5.74, 6) is 2.30. The van der Waals surface area contributed by atoms with Gasteiger partial charge < -0.3 is 20.3 Å². The topological polar surface area (TPSA) is 80.4 Å². The Kier molecular flexibility index (Phi) is 5.69. The van der Waals surface area contributed by atoms with E-state index in [-0.39, 0.29) is 11.4 Å². The molecule has 0 saturated carbocycles. The molecule has 2 fully saturated rings. The fourth-order valence-corrected chi connectivity index (χ4v) is 4.43. The van der Waals surface area contributed by atoms with Crippen LogP contribution in [0.5, 0.6) is 0 Å². The number of benzene rings is 1. The Labute approximate surface area is 173 Å². The molecule has 7 heteroatoms. The number of ether oxygens (including phenoxy) is 1. The van der Waals surface area contributed by atoms with Crippen LogP contribution in [0.3, 0.4) is 0 Å². The molecule has 2 aliphatic heterocycles. The van der Waals surface area contributed by atoms with Gasteiger partial charge in [-0.2, -0.15) is 15.0 Å². The summed E-state index contributed by atoms with van der Waals surface area (Å²) in [5.41, 5.74) is 8.66. The van der Waals surface area contributed by atoms with E-state index in [4.69, 9.17) is 15.5 Å². The molecule has 2 N–H and O–H groups in total. The number of hydrogen-bond donors (Lipinski definition) is 1. The predicted octanol–water partition coefficient (Wildman–Crippen LogP) is 2.23. The van der Waals surface area contributed by atoms with Gasteiger partial charge in [0, 0.05) is 25.0 Å². The minimum Gasteiger partial charge on any atom is -0.378 e. The largest absolute Gasteiger partial charge is 0.378 e. The van der Waals surface area contributed by atoms with Gasteiger partial charge in [0.1, 0.15) is 5.82 Å². The predicted molar refractivity (Wildman–Crippen MR) is 115 cm³/mol. The molecule has 2 saturated heterocycles. The molecule has 4 rings (SSSR count). The van der Waals surface area contributed by atoms with Gasteiger partial charge in [-0.15, -0.1) is 0 Å². The maximum atomic E-state index is 6.08. The van der Waals surface area contributed by atoms with Gasteiger partial charge in [0.25, 0.3) is 0 Å². The molecule has 7 nitrogen and oxygen atoms in total. The van der Waals surface area contributed by atoms with Crippen LogP contribution in [0.25, 0.3) is 0 Å². The maximum Gasteiger partial charge on any atom is 0.230 e. The minimum atomic E-state index is -0.251. The first-order chi connectivity index (χ1) is 13.9. The Bertz CT molecular complexity index is 849. The molecule has 0 spiro atoms. The van der Waals surface area contributed by atoms with E-state index in [0.717, 1.165) is 38.4 Å². The molecule has 0 aliphatic carbocycles. The van der Waals surface area contributed by atoms with Crippen LogP contribution in [0.15, 0.2) is 24.3 Å². The van der Waals surface area contributed by atoms with Gasteiger partial charge in [-0.05, 0) is 43.5 Å². The van der Waals surface area contributed by atoms with Crippen molar-refractivity contribution >= 4 is 11.9 Å². The molecule has 1 unspecified atom stereocenters. The summed E-state index contributed by atoms with van der Waals surface area (Å²) in [4.78, 5) is 18.3. The zero-order valence-corrected chi connectivity index (χ0v) is 17.8. The Balaban J connectivity index is 1.60. The van der Waals surface area contributed by atoms with Crippen molar-refractivity contribution in [3.63, 3.8) is 0 Å². The van der Waals surface area contributed by atoms with E-state index < -0.39 is 0 Å². The third-order valence-electron chi connectivity index (χ3n) is 6.06. The van der Waals surface area contributed by atoms with Gasteiger partial charge in [-0.3, -0.25) is 0 Å². The summed E-state index contributed by atoms with van der Waals surface area (Å²) < 4.78 is 5.45. The van der Waals surface area contributed by atoms with Crippen molar-refractivity contribution in [1.82, 2.24) is 19.9 Å². The Morgan fingerprint density at radius 2 is 1.86 bits per heavy atom. The fourth-order valence-electron chi connectivity index (χ4n) is 4.43. The summed E-state index contributed by atoms with van der Waals surface area (Å²) in [5, 5.41) is 0. The average Bonchev–Trinajstić information content (AvgIpc) is 3.14. The van der Waals surface area contributed by atoms with E-state index in [2.05, 4.69) is 64.9 Å². The minimum absolute atomic E-state index is 0.251. The number of anilines is 2. The summed E-state index contributed by atoms with van der Waals surface area (Å²) >= 11 is 0. The van der Waals surface area contributed by atoms with Crippen molar-refractivity contribution in [3.8, 4) is 0 Å². The van der Waals surface area contributed by atoms with E-state index in [1.807, 2.05) is 0 Å². The highest BCUT2D eigenvalue weighted by atomic mass is 16.5. The van der Waals surface area contributed by atoms with Crippen LogP contribution in [0.4, 0.5) is 11.9 Å². The van der Waals surface area contributed by atoms with Crippen molar-refractivity contribution in [1.29, 1.82) is 0 Å². The molecular weight excluding hydrogens is 364 g/mol.